The minimum Gasteiger partial charge on any atom is -0.507 e. The molecule has 0 aliphatic carbocycles. The normalized spacial score (nSPS) is 11.9. The summed E-state index contributed by atoms with van der Waals surface area (Å²) in [5, 5.41) is 10.3. The molecule has 4 nitrogen and oxygen atoms in total. The highest BCUT2D eigenvalue weighted by molar-refractivity contribution is 5.93. The summed E-state index contributed by atoms with van der Waals surface area (Å²) < 4.78 is 25.3. The van der Waals surface area contributed by atoms with E-state index in [1.165, 1.54) is 44.2 Å². The molecule has 2 rings (SSSR count). The van der Waals surface area contributed by atoms with E-state index in [1.807, 2.05) is 0 Å². The summed E-state index contributed by atoms with van der Waals surface area (Å²) in [6, 6.07) is 11.5. The van der Waals surface area contributed by atoms with Crippen LogP contribution in [0.2, 0.25) is 0 Å². The molecule has 1 atom stereocenters. The summed E-state index contributed by atoms with van der Waals surface area (Å²) in [6.07, 6.45) is 11.2. The van der Waals surface area contributed by atoms with Crippen LogP contribution < -0.4 is 9.47 Å². The molecule has 1 N–H and O–H groups in total. The number of rotatable bonds is 17. The number of carbonyl (C=O) groups excluding carboxylic acids is 1. The van der Waals surface area contributed by atoms with E-state index in [0.717, 1.165) is 37.9 Å². The maximum Gasteiger partial charge on any atom is 0.347 e. The Balaban J connectivity index is 1.78. The Morgan fingerprint density at radius 3 is 2.15 bits per heavy atom. The molecular weight excluding hydrogens is 431 g/mol. The Bertz CT molecular complexity index is 835. The van der Waals surface area contributed by atoms with Gasteiger partial charge in [-0.25, -0.2) is 9.18 Å². The number of phenolic OH excluding ortho intramolecular Hbond substituents is 1. The minimum atomic E-state index is -0.948. The van der Waals surface area contributed by atoms with Crippen LogP contribution in [-0.2, 0) is 6.42 Å². The maximum absolute atomic E-state index is 14.2. The molecule has 0 radical (unpaired) electrons. The van der Waals surface area contributed by atoms with E-state index in [9.17, 15) is 14.3 Å². The molecule has 0 heterocycles. The predicted octanol–water partition coefficient (Wildman–Crippen LogP) is 8.20. The molecule has 0 saturated carbocycles. The molecule has 2 aromatic rings. The molecule has 188 valence electrons. The van der Waals surface area contributed by atoms with Gasteiger partial charge in [-0.2, -0.15) is 0 Å². The van der Waals surface area contributed by atoms with Crippen LogP contribution in [0.1, 0.15) is 100 Å². The molecule has 0 spiro atoms. The number of hydrogen-bond acceptors (Lipinski definition) is 4. The zero-order valence-corrected chi connectivity index (χ0v) is 20.9. The van der Waals surface area contributed by atoms with Gasteiger partial charge in [0.15, 0.2) is 0 Å². The fraction of sp³-hybridized carbons (Fsp3) is 0.552. The first-order chi connectivity index (χ1) is 16.5. The van der Waals surface area contributed by atoms with E-state index in [4.69, 9.17) is 9.47 Å². The van der Waals surface area contributed by atoms with Crippen LogP contribution in [0.5, 0.6) is 17.2 Å². The summed E-state index contributed by atoms with van der Waals surface area (Å²) >= 11 is 0. The number of benzene rings is 2. The second kappa shape index (κ2) is 16.1. The van der Waals surface area contributed by atoms with Crippen molar-refractivity contribution < 1.29 is 23.8 Å². The number of phenols is 1. The van der Waals surface area contributed by atoms with E-state index >= 15 is 0 Å². The molecule has 2 aromatic carbocycles. The standard InChI is InChI=1S/C29H41FO4/c1-3-5-7-9-10-12-20-33-25-15-17-26(18-16-25)34-29(32)27-19-14-23(22-28(27)31)21-24(30)13-11-8-6-4-2/h14-19,22,24,31H,3-13,20-21H2,1-2H3. The average Bonchev–Trinajstić information content (AvgIpc) is 2.82. The molecule has 0 fully saturated rings. The third-order valence-electron chi connectivity index (χ3n) is 5.91. The quantitative estimate of drug-likeness (QED) is 0.143. The van der Waals surface area contributed by atoms with Gasteiger partial charge < -0.3 is 14.6 Å². The monoisotopic (exact) mass is 472 g/mol. The molecule has 0 aromatic heterocycles. The number of halogens is 1. The largest absolute Gasteiger partial charge is 0.507 e. The van der Waals surface area contributed by atoms with Gasteiger partial charge in [0.2, 0.25) is 0 Å². The zero-order chi connectivity index (χ0) is 24.6. The van der Waals surface area contributed by atoms with Gasteiger partial charge in [-0.05, 0) is 54.8 Å². The molecular formula is C29H41FO4. The molecule has 0 amide bonds. The van der Waals surface area contributed by atoms with Gasteiger partial charge in [-0.1, -0.05) is 77.7 Å². The van der Waals surface area contributed by atoms with E-state index in [2.05, 4.69) is 13.8 Å². The molecule has 0 saturated heterocycles. The van der Waals surface area contributed by atoms with Gasteiger partial charge in [0.1, 0.15) is 29.0 Å². The van der Waals surface area contributed by atoms with E-state index in [0.29, 0.717) is 24.3 Å². The van der Waals surface area contributed by atoms with Gasteiger partial charge in [-0.3, -0.25) is 0 Å². The summed E-state index contributed by atoms with van der Waals surface area (Å²) in [5.74, 6) is 0.257. The van der Waals surface area contributed by atoms with E-state index < -0.39 is 12.1 Å². The van der Waals surface area contributed by atoms with E-state index in [-0.39, 0.29) is 17.7 Å². The Morgan fingerprint density at radius 1 is 0.853 bits per heavy atom. The second-order valence-corrected chi connectivity index (χ2v) is 8.98. The average molecular weight is 473 g/mol. The molecule has 0 aliphatic heterocycles. The van der Waals surface area contributed by atoms with Crippen LogP contribution in [-0.4, -0.2) is 23.9 Å². The van der Waals surface area contributed by atoms with Crippen LogP contribution in [0, 0.1) is 0 Å². The van der Waals surface area contributed by atoms with Crippen LogP contribution in [0.15, 0.2) is 42.5 Å². The summed E-state index contributed by atoms with van der Waals surface area (Å²) in [5.41, 5.74) is 0.731. The highest BCUT2D eigenvalue weighted by Crippen LogP contribution is 2.24. The molecule has 0 bridgehead atoms. The van der Waals surface area contributed by atoms with Crippen molar-refractivity contribution in [3.63, 3.8) is 0 Å². The Labute approximate surface area is 204 Å². The van der Waals surface area contributed by atoms with Crippen molar-refractivity contribution in [1.29, 1.82) is 0 Å². The molecule has 5 heteroatoms. The van der Waals surface area contributed by atoms with Crippen LogP contribution in [0.4, 0.5) is 4.39 Å². The molecule has 1 unspecified atom stereocenters. The number of carbonyl (C=O) groups is 1. The summed E-state index contributed by atoms with van der Waals surface area (Å²) in [7, 11) is 0. The number of alkyl halides is 1. The van der Waals surface area contributed by atoms with Crippen LogP contribution in [0.25, 0.3) is 0 Å². The van der Waals surface area contributed by atoms with Crippen molar-refractivity contribution in [2.24, 2.45) is 0 Å². The topological polar surface area (TPSA) is 55.8 Å². The van der Waals surface area contributed by atoms with Crippen molar-refractivity contribution in [2.75, 3.05) is 6.61 Å². The van der Waals surface area contributed by atoms with Gasteiger partial charge >= 0.3 is 5.97 Å². The Morgan fingerprint density at radius 2 is 1.47 bits per heavy atom. The second-order valence-electron chi connectivity index (χ2n) is 8.98. The minimum absolute atomic E-state index is 0.0607. The fourth-order valence-electron chi connectivity index (χ4n) is 3.87. The first-order valence-electron chi connectivity index (χ1n) is 12.9. The third kappa shape index (κ3) is 10.6. The maximum atomic E-state index is 14.2. The van der Waals surface area contributed by atoms with Crippen molar-refractivity contribution >= 4 is 5.97 Å². The smallest absolute Gasteiger partial charge is 0.347 e. The predicted molar refractivity (Wildman–Crippen MR) is 136 cm³/mol. The van der Waals surface area contributed by atoms with Crippen LogP contribution in [0.3, 0.4) is 0 Å². The number of esters is 1. The first-order valence-corrected chi connectivity index (χ1v) is 12.9. The number of aromatic hydroxyl groups is 1. The fourth-order valence-corrected chi connectivity index (χ4v) is 3.87. The van der Waals surface area contributed by atoms with E-state index in [1.54, 1.807) is 30.3 Å². The lowest BCUT2D eigenvalue weighted by molar-refractivity contribution is 0.0731. The van der Waals surface area contributed by atoms with Crippen molar-refractivity contribution in [2.45, 2.75) is 97.1 Å². The third-order valence-corrected chi connectivity index (χ3v) is 5.91. The number of ether oxygens (including phenoxy) is 2. The Kier molecular flexibility index (Phi) is 13.1. The van der Waals surface area contributed by atoms with Gasteiger partial charge in [0.05, 0.1) is 6.61 Å². The van der Waals surface area contributed by atoms with Crippen molar-refractivity contribution in [3.8, 4) is 17.2 Å². The highest BCUT2D eigenvalue weighted by Gasteiger charge is 2.16. The summed E-state index contributed by atoms with van der Waals surface area (Å²) in [4.78, 5) is 12.5. The SMILES string of the molecule is CCCCCCCCOc1ccc(OC(=O)c2ccc(CC(F)CCCCCC)cc2O)cc1. The molecule has 34 heavy (non-hydrogen) atoms. The summed E-state index contributed by atoms with van der Waals surface area (Å²) in [6.45, 7) is 5.01. The van der Waals surface area contributed by atoms with Crippen molar-refractivity contribution in [1.82, 2.24) is 0 Å². The highest BCUT2D eigenvalue weighted by atomic mass is 19.1. The lowest BCUT2D eigenvalue weighted by Crippen LogP contribution is -2.10. The lowest BCUT2D eigenvalue weighted by atomic mass is 10.0. The lowest BCUT2D eigenvalue weighted by Gasteiger charge is -2.11. The van der Waals surface area contributed by atoms with Gasteiger partial charge in [0, 0.05) is 6.42 Å². The van der Waals surface area contributed by atoms with Gasteiger partial charge in [0.25, 0.3) is 0 Å². The first kappa shape index (κ1) is 27.7. The van der Waals surface area contributed by atoms with Crippen LogP contribution >= 0.6 is 0 Å². The zero-order valence-electron chi connectivity index (χ0n) is 20.9. The Hall–Kier alpha value is -2.56. The number of unbranched alkanes of at least 4 members (excludes halogenated alkanes) is 8. The number of hydrogen-bond donors (Lipinski definition) is 1. The van der Waals surface area contributed by atoms with Gasteiger partial charge in [-0.15, -0.1) is 0 Å². The van der Waals surface area contributed by atoms with Crippen molar-refractivity contribution in [3.05, 3.63) is 53.6 Å². The molecule has 0 aliphatic rings.